The maximum atomic E-state index is 12.3. The predicted octanol–water partition coefficient (Wildman–Crippen LogP) is 2.59. The first-order valence-electron chi connectivity index (χ1n) is 7.65. The van der Waals surface area contributed by atoms with Gasteiger partial charge in [0.15, 0.2) is 0 Å². The first-order valence-corrected chi connectivity index (χ1v) is 7.65. The zero-order chi connectivity index (χ0) is 16.2. The molecule has 0 bridgehead atoms. The molecule has 22 heavy (non-hydrogen) atoms. The van der Waals surface area contributed by atoms with E-state index in [1.807, 2.05) is 14.1 Å². The van der Waals surface area contributed by atoms with Gasteiger partial charge in [-0.3, -0.25) is 14.9 Å². The normalized spacial score (nSPS) is 17.2. The van der Waals surface area contributed by atoms with Crippen LogP contribution in [0.4, 0.5) is 5.69 Å². The first-order chi connectivity index (χ1) is 10.5. The molecule has 1 aliphatic carbocycles. The standard InChI is InChI=1S/C16H23N3O3/c1-18(2)16(10-6-3-7-11-16)12-17-15(20)13-8-4-5-9-14(13)19(21)22/h4-5,8-9H,3,6-7,10-12H2,1-2H3,(H,17,20). The lowest BCUT2D eigenvalue weighted by atomic mass is 9.80. The van der Waals surface area contributed by atoms with Crippen LogP contribution in [0.25, 0.3) is 0 Å². The van der Waals surface area contributed by atoms with Crippen LogP contribution >= 0.6 is 0 Å². The molecule has 1 aliphatic rings. The number of para-hydroxylation sites is 1. The second kappa shape index (κ2) is 6.87. The summed E-state index contributed by atoms with van der Waals surface area (Å²) in [6, 6.07) is 6.06. The third-order valence-electron chi connectivity index (χ3n) is 4.66. The quantitative estimate of drug-likeness (QED) is 0.670. The number of nitro groups is 1. The summed E-state index contributed by atoms with van der Waals surface area (Å²) in [6.45, 7) is 0.519. The van der Waals surface area contributed by atoms with Crippen molar-refractivity contribution in [3.8, 4) is 0 Å². The van der Waals surface area contributed by atoms with Gasteiger partial charge in [0.2, 0.25) is 0 Å². The monoisotopic (exact) mass is 305 g/mol. The van der Waals surface area contributed by atoms with Gasteiger partial charge in [-0.25, -0.2) is 0 Å². The molecule has 1 N–H and O–H groups in total. The number of nitrogens with one attached hydrogen (secondary N) is 1. The molecule has 2 rings (SSSR count). The van der Waals surface area contributed by atoms with Crippen LogP contribution in [0.15, 0.2) is 24.3 Å². The Morgan fingerprint density at radius 2 is 1.91 bits per heavy atom. The van der Waals surface area contributed by atoms with E-state index in [4.69, 9.17) is 0 Å². The number of rotatable bonds is 5. The molecule has 0 unspecified atom stereocenters. The third-order valence-corrected chi connectivity index (χ3v) is 4.66. The van der Waals surface area contributed by atoms with E-state index in [1.165, 1.54) is 18.6 Å². The fourth-order valence-electron chi connectivity index (χ4n) is 3.16. The van der Waals surface area contributed by atoms with Crippen LogP contribution in [0, 0.1) is 10.1 Å². The highest BCUT2D eigenvalue weighted by Gasteiger charge is 2.34. The molecule has 0 spiro atoms. The number of hydrogen-bond donors (Lipinski definition) is 1. The molecule has 0 aromatic heterocycles. The Morgan fingerprint density at radius 1 is 1.27 bits per heavy atom. The maximum Gasteiger partial charge on any atom is 0.282 e. The molecule has 0 saturated heterocycles. The van der Waals surface area contributed by atoms with E-state index >= 15 is 0 Å². The molecule has 1 aromatic rings. The number of carbonyl (C=O) groups excluding carboxylic acids is 1. The van der Waals surface area contributed by atoms with Crippen molar-refractivity contribution in [1.29, 1.82) is 0 Å². The van der Waals surface area contributed by atoms with Crippen LogP contribution in [0.5, 0.6) is 0 Å². The van der Waals surface area contributed by atoms with Gasteiger partial charge in [-0.2, -0.15) is 0 Å². The molecule has 1 fully saturated rings. The Bertz CT molecular complexity index is 551. The number of likely N-dealkylation sites (N-methyl/N-ethyl adjacent to an activating group) is 1. The molecule has 0 atom stereocenters. The number of hydrogen-bond acceptors (Lipinski definition) is 4. The third kappa shape index (κ3) is 3.44. The van der Waals surface area contributed by atoms with Gasteiger partial charge in [-0.15, -0.1) is 0 Å². The van der Waals surface area contributed by atoms with Gasteiger partial charge in [0, 0.05) is 18.2 Å². The van der Waals surface area contributed by atoms with Crippen molar-refractivity contribution in [1.82, 2.24) is 10.2 Å². The maximum absolute atomic E-state index is 12.3. The van der Waals surface area contributed by atoms with Crippen LogP contribution in [0.3, 0.4) is 0 Å². The number of amides is 1. The van der Waals surface area contributed by atoms with Gasteiger partial charge < -0.3 is 10.2 Å². The summed E-state index contributed by atoms with van der Waals surface area (Å²) in [7, 11) is 4.06. The van der Waals surface area contributed by atoms with Crippen LogP contribution in [0.1, 0.15) is 42.5 Å². The molecule has 0 radical (unpaired) electrons. The largest absolute Gasteiger partial charge is 0.350 e. The second-order valence-electron chi connectivity index (χ2n) is 6.14. The van der Waals surface area contributed by atoms with E-state index in [9.17, 15) is 14.9 Å². The molecular weight excluding hydrogens is 282 g/mol. The summed E-state index contributed by atoms with van der Waals surface area (Å²) in [5.74, 6) is -0.376. The van der Waals surface area contributed by atoms with Gasteiger partial charge in [0.1, 0.15) is 5.56 Å². The van der Waals surface area contributed by atoms with Crippen molar-refractivity contribution in [3.05, 3.63) is 39.9 Å². The minimum atomic E-state index is -0.517. The molecule has 6 heteroatoms. The lowest BCUT2D eigenvalue weighted by Gasteiger charge is -2.43. The van der Waals surface area contributed by atoms with E-state index in [2.05, 4.69) is 10.2 Å². The number of benzene rings is 1. The Morgan fingerprint density at radius 3 is 2.50 bits per heavy atom. The number of carbonyl (C=O) groups is 1. The zero-order valence-electron chi connectivity index (χ0n) is 13.2. The van der Waals surface area contributed by atoms with Gasteiger partial charge in [0.05, 0.1) is 4.92 Å². The Hall–Kier alpha value is -1.95. The van der Waals surface area contributed by atoms with Crippen molar-refractivity contribution < 1.29 is 9.72 Å². The average Bonchev–Trinajstić information content (AvgIpc) is 2.53. The summed E-state index contributed by atoms with van der Waals surface area (Å²) < 4.78 is 0. The van der Waals surface area contributed by atoms with Gasteiger partial charge in [-0.1, -0.05) is 31.4 Å². The van der Waals surface area contributed by atoms with Crippen molar-refractivity contribution in [2.45, 2.75) is 37.6 Å². The van der Waals surface area contributed by atoms with Gasteiger partial charge in [0.25, 0.3) is 11.6 Å². The summed E-state index contributed by atoms with van der Waals surface area (Å²) in [5.41, 5.74) is -0.0722. The molecule has 120 valence electrons. The molecule has 0 heterocycles. The van der Waals surface area contributed by atoms with Crippen LogP contribution in [0.2, 0.25) is 0 Å². The fraction of sp³-hybridized carbons (Fsp3) is 0.562. The highest BCUT2D eigenvalue weighted by Crippen LogP contribution is 2.31. The SMILES string of the molecule is CN(C)C1(CNC(=O)c2ccccc2[N+](=O)[O-])CCCCC1. The summed E-state index contributed by atoms with van der Waals surface area (Å²) in [6.07, 6.45) is 5.61. The Balaban J connectivity index is 2.10. The Kier molecular flexibility index (Phi) is 5.13. The van der Waals surface area contributed by atoms with E-state index in [0.717, 1.165) is 25.7 Å². The van der Waals surface area contributed by atoms with E-state index in [-0.39, 0.29) is 22.7 Å². The molecule has 1 saturated carbocycles. The van der Waals surface area contributed by atoms with Crippen molar-refractivity contribution in [2.24, 2.45) is 0 Å². The molecule has 1 amide bonds. The van der Waals surface area contributed by atoms with Crippen LogP contribution in [-0.2, 0) is 0 Å². The first kappa shape index (κ1) is 16.4. The summed E-state index contributed by atoms with van der Waals surface area (Å²) >= 11 is 0. The Labute approximate surface area is 130 Å². The van der Waals surface area contributed by atoms with E-state index in [1.54, 1.807) is 12.1 Å². The van der Waals surface area contributed by atoms with E-state index < -0.39 is 4.92 Å². The summed E-state index contributed by atoms with van der Waals surface area (Å²) in [4.78, 5) is 25.0. The highest BCUT2D eigenvalue weighted by molar-refractivity contribution is 5.98. The average molecular weight is 305 g/mol. The highest BCUT2D eigenvalue weighted by atomic mass is 16.6. The van der Waals surface area contributed by atoms with Crippen molar-refractivity contribution in [3.63, 3.8) is 0 Å². The number of nitro benzene ring substituents is 1. The van der Waals surface area contributed by atoms with Crippen molar-refractivity contribution >= 4 is 11.6 Å². The van der Waals surface area contributed by atoms with Crippen LogP contribution in [-0.4, -0.2) is 41.9 Å². The van der Waals surface area contributed by atoms with Crippen LogP contribution < -0.4 is 5.32 Å². The minimum Gasteiger partial charge on any atom is -0.350 e. The van der Waals surface area contributed by atoms with E-state index in [0.29, 0.717) is 6.54 Å². The number of nitrogens with zero attached hydrogens (tertiary/aromatic N) is 2. The second-order valence-corrected chi connectivity index (χ2v) is 6.14. The molecule has 0 aliphatic heterocycles. The summed E-state index contributed by atoms with van der Waals surface area (Å²) in [5, 5.41) is 13.9. The van der Waals surface area contributed by atoms with Crippen molar-refractivity contribution in [2.75, 3.05) is 20.6 Å². The molecule has 6 nitrogen and oxygen atoms in total. The lowest BCUT2D eigenvalue weighted by molar-refractivity contribution is -0.385. The smallest absolute Gasteiger partial charge is 0.282 e. The van der Waals surface area contributed by atoms with Gasteiger partial charge in [-0.05, 0) is 33.0 Å². The minimum absolute atomic E-state index is 0.0442. The molecule has 1 aromatic carbocycles. The zero-order valence-corrected chi connectivity index (χ0v) is 13.2. The topological polar surface area (TPSA) is 75.5 Å². The predicted molar refractivity (Wildman–Crippen MR) is 84.9 cm³/mol. The fourth-order valence-corrected chi connectivity index (χ4v) is 3.16. The molecular formula is C16H23N3O3. The van der Waals surface area contributed by atoms with Gasteiger partial charge >= 0.3 is 0 Å². The lowest BCUT2D eigenvalue weighted by Crippen LogP contribution is -2.53.